The van der Waals surface area contributed by atoms with Crippen LogP contribution in [0.1, 0.15) is 107 Å². The number of halogens is 3. The molecule has 6 rings (SSSR count). The molecule has 3 atom stereocenters. The van der Waals surface area contributed by atoms with E-state index in [0.29, 0.717) is 30.1 Å². The minimum Gasteiger partial charge on any atom is -0.469 e. The van der Waals surface area contributed by atoms with E-state index in [0.717, 1.165) is 49.9 Å². The molecular formula is C42H56F3N3O2. The van der Waals surface area contributed by atoms with Crippen LogP contribution < -0.4 is 4.90 Å². The first-order valence-electron chi connectivity index (χ1n) is 19.2. The second-order valence-corrected chi connectivity index (χ2v) is 15.6. The Morgan fingerprint density at radius 3 is 2.22 bits per heavy atom. The summed E-state index contributed by atoms with van der Waals surface area (Å²) in [5.41, 5.74) is 1.84. The fourth-order valence-corrected chi connectivity index (χ4v) is 10.0. The van der Waals surface area contributed by atoms with Gasteiger partial charge < -0.3 is 14.2 Å². The number of methoxy groups -OCH3 is 1. The molecule has 1 aliphatic heterocycles. The van der Waals surface area contributed by atoms with Crippen molar-refractivity contribution in [2.45, 2.75) is 115 Å². The van der Waals surface area contributed by atoms with Gasteiger partial charge in [0.15, 0.2) is 0 Å². The number of carbonyl (C=O) groups excluding carboxylic acids is 1. The number of rotatable bonds is 15. The largest absolute Gasteiger partial charge is 0.469 e. The number of hydrogen-bond donors (Lipinski definition) is 0. The summed E-state index contributed by atoms with van der Waals surface area (Å²) < 4.78 is 46.2. The Kier molecular flexibility index (Phi) is 12.0. The van der Waals surface area contributed by atoms with Gasteiger partial charge in [-0.3, -0.25) is 4.79 Å². The van der Waals surface area contributed by atoms with E-state index in [-0.39, 0.29) is 11.4 Å². The van der Waals surface area contributed by atoms with E-state index in [1.54, 1.807) is 12.1 Å². The van der Waals surface area contributed by atoms with Crippen molar-refractivity contribution in [1.29, 1.82) is 0 Å². The summed E-state index contributed by atoms with van der Waals surface area (Å²) in [6, 6.07) is 17.0. The average Bonchev–Trinajstić information content (AvgIpc) is 3.75. The molecule has 0 N–H and O–H groups in total. The third kappa shape index (κ3) is 8.42. The highest BCUT2D eigenvalue weighted by Gasteiger charge is 2.51. The van der Waals surface area contributed by atoms with Crippen LogP contribution >= 0.6 is 0 Å². The third-order valence-corrected chi connectivity index (χ3v) is 12.7. The highest BCUT2D eigenvalue weighted by Crippen LogP contribution is 2.56. The molecule has 3 aliphatic rings. The van der Waals surface area contributed by atoms with E-state index in [1.807, 2.05) is 6.20 Å². The molecule has 3 fully saturated rings. The van der Waals surface area contributed by atoms with Crippen molar-refractivity contribution in [3.63, 3.8) is 0 Å². The van der Waals surface area contributed by atoms with Gasteiger partial charge in [0, 0.05) is 49.6 Å². The van der Waals surface area contributed by atoms with Crippen molar-refractivity contribution in [1.82, 2.24) is 9.55 Å². The molecule has 1 aromatic heterocycles. The van der Waals surface area contributed by atoms with Crippen molar-refractivity contribution in [3.8, 4) is 0 Å². The molecule has 2 saturated carbocycles. The van der Waals surface area contributed by atoms with Gasteiger partial charge in [-0.05, 0) is 98.4 Å². The second-order valence-electron chi connectivity index (χ2n) is 15.6. The van der Waals surface area contributed by atoms with Crippen molar-refractivity contribution in [2.24, 2.45) is 29.6 Å². The third-order valence-electron chi connectivity index (χ3n) is 12.7. The molecular weight excluding hydrogens is 635 g/mol. The molecule has 3 aromatic rings. The zero-order valence-corrected chi connectivity index (χ0v) is 30.1. The smallest absolute Gasteiger partial charge is 0.416 e. The quantitative estimate of drug-likeness (QED) is 0.118. The van der Waals surface area contributed by atoms with Crippen LogP contribution in [0.15, 0.2) is 67.0 Å². The van der Waals surface area contributed by atoms with Crippen LogP contribution in [0.4, 0.5) is 18.9 Å². The van der Waals surface area contributed by atoms with E-state index >= 15 is 0 Å². The topological polar surface area (TPSA) is 47.4 Å². The molecule has 0 amide bonds. The number of alkyl halides is 3. The van der Waals surface area contributed by atoms with Crippen LogP contribution in [0.2, 0.25) is 0 Å². The molecule has 2 heterocycles. The van der Waals surface area contributed by atoms with E-state index in [9.17, 15) is 18.0 Å². The lowest BCUT2D eigenvalue weighted by atomic mass is 9.55. The molecule has 272 valence electrons. The number of imidazole rings is 1. The number of unbranched alkanes of at least 4 members (excludes halogenated alkanes) is 1. The van der Waals surface area contributed by atoms with Crippen LogP contribution in [0, 0.1) is 36.5 Å². The SMILES string of the molecule is COC(=O)CCCCC1CCC[C@@H]1C(Cn1ccnc1C)(c1ccccc1)C1CCC(CCCC2CN(c3ccc(C(F)(F)F)cc3)C2)CC1. The Morgan fingerprint density at radius 1 is 0.840 bits per heavy atom. The molecule has 5 nitrogen and oxygen atoms in total. The van der Waals surface area contributed by atoms with Crippen molar-refractivity contribution < 1.29 is 22.7 Å². The molecule has 0 spiro atoms. The molecule has 0 radical (unpaired) electrons. The molecule has 2 aliphatic carbocycles. The monoisotopic (exact) mass is 691 g/mol. The number of ether oxygens (including phenoxy) is 1. The van der Waals surface area contributed by atoms with Gasteiger partial charge in [0.25, 0.3) is 0 Å². The lowest BCUT2D eigenvalue weighted by Gasteiger charge is -2.51. The van der Waals surface area contributed by atoms with Crippen LogP contribution in [0.25, 0.3) is 0 Å². The number of aryl methyl sites for hydroxylation is 1. The first-order chi connectivity index (χ1) is 24.2. The zero-order chi connectivity index (χ0) is 35.1. The Labute approximate surface area is 297 Å². The number of benzene rings is 2. The number of carbonyl (C=O) groups is 1. The maximum absolute atomic E-state index is 13.0. The van der Waals surface area contributed by atoms with Gasteiger partial charge in [-0.1, -0.05) is 81.7 Å². The fourth-order valence-electron chi connectivity index (χ4n) is 10.0. The normalized spacial score (nSPS) is 24.1. The summed E-state index contributed by atoms with van der Waals surface area (Å²) in [6.07, 6.45) is 16.1. The first kappa shape index (κ1) is 36.5. The highest BCUT2D eigenvalue weighted by molar-refractivity contribution is 5.68. The van der Waals surface area contributed by atoms with Crippen molar-refractivity contribution in [3.05, 3.63) is 83.9 Å². The Bertz CT molecular complexity index is 1490. The maximum Gasteiger partial charge on any atom is 0.416 e. The van der Waals surface area contributed by atoms with Crippen LogP contribution in [0.5, 0.6) is 0 Å². The minimum atomic E-state index is -4.29. The fraction of sp³-hybridized carbons (Fsp3) is 0.619. The summed E-state index contributed by atoms with van der Waals surface area (Å²) in [6.45, 7) is 4.99. The lowest BCUT2D eigenvalue weighted by molar-refractivity contribution is -0.140. The van der Waals surface area contributed by atoms with Crippen molar-refractivity contribution in [2.75, 3.05) is 25.1 Å². The zero-order valence-electron chi connectivity index (χ0n) is 30.1. The van der Waals surface area contributed by atoms with Crippen LogP contribution in [-0.2, 0) is 27.7 Å². The summed E-state index contributed by atoms with van der Waals surface area (Å²) in [5.74, 6) is 4.22. The number of esters is 1. The molecule has 2 unspecified atom stereocenters. The van der Waals surface area contributed by atoms with E-state index < -0.39 is 11.7 Å². The van der Waals surface area contributed by atoms with E-state index in [2.05, 4.69) is 57.9 Å². The standard InChI is InChI=1S/C42H56F3N3O2/c1-31-46-26-27-47(31)30-41(35-14-4-3-5-15-35,39-16-9-13-34(39)12-6-7-17-40(49)50-2)36-20-18-32(19-21-36)10-8-11-33-28-48(29-33)38-24-22-37(23-25-38)42(43,44)45/h3-5,14-15,22-27,32-34,36,39H,6-13,16-21,28-30H2,1-2H3/t32?,34?,36?,39-,41?/m0/s1. The van der Waals surface area contributed by atoms with Gasteiger partial charge in [0.05, 0.1) is 12.7 Å². The molecule has 2 aromatic carbocycles. The highest BCUT2D eigenvalue weighted by atomic mass is 19.4. The number of anilines is 1. The Hall–Kier alpha value is -3.29. The van der Waals surface area contributed by atoms with Gasteiger partial charge >= 0.3 is 12.1 Å². The number of aromatic nitrogens is 2. The second kappa shape index (κ2) is 16.4. The molecule has 8 heteroatoms. The predicted molar refractivity (Wildman–Crippen MR) is 193 cm³/mol. The van der Waals surface area contributed by atoms with Gasteiger partial charge in [-0.2, -0.15) is 13.2 Å². The van der Waals surface area contributed by atoms with Gasteiger partial charge in [-0.15, -0.1) is 0 Å². The number of nitrogens with zero attached hydrogens (tertiary/aromatic N) is 3. The maximum atomic E-state index is 13.0. The predicted octanol–water partition coefficient (Wildman–Crippen LogP) is 10.4. The van der Waals surface area contributed by atoms with E-state index in [1.165, 1.54) is 95.4 Å². The van der Waals surface area contributed by atoms with E-state index in [4.69, 9.17) is 4.74 Å². The van der Waals surface area contributed by atoms with Crippen LogP contribution in [0.3, 0.4) is 0 Å². The molecule has 0 bridgehead atoms. The van der Waals surface area contributed by atoms with Gasteiger partial charge in [0.2, 0.25) is 0 Å². The van der Waals surface area contributed by atoms with Crippen molar-refractivity contribution >= 4 is 11.7 Å². The summed E-state index contributed by atoms with van der Waals surface area (Å²) in [7, 11) is 1.48. The minimum absolute atomic E-state index is 0.0366. The summed E-state index contributed by atoms with van der Waals surface area (Å²) >= 11 is 0. The Balaban J connectivity index is 1.09. The number of hydrogen-bond acceptors (Lipinski definition) is 4. The Morgan fingerprint density at radius 2 is 1.56 bits per heavy atom. The summed E-state index contributed by atoms with van der Waals surface area (Å²) in [4.78, 5) is 18.7. The molecule has 1 saturated heterocycles. The average molecular weight is 692 g/mol. The first-order valence-corrected chi connectivity index (χ1v) is 19.2. The van der Waals surface area contributed by atoms with Gasteiger partial charge in [-0.25, -0.2) is 4.98 Å². The lowest BCUT2D eigenvalue weighted by Crippen LogP contribution is -2.48. The summed E-state index contributed by atoms with van der Waals surface area (Å²) in [5, 5.41) is 0. The van der Waals surface area contributed by atoms with Crippen LogP contribution in [-0.4, -0.2) is 35.7 Å². The van der Waals surface area contributed by atoms with Gasteiger partial charge in [0.1, 0.15) is 5.82 Å². The molecule has 50 heavy (non-hydrogen) atoms.